The van der Waals surface area contributed by atoms with Crippen LogP contribution in [0.4, 0.5) is 0 Å². The van der Waals surface area contributed by atoms with Crippen molar-refractivity contribution in [2.45, 2.75) is 45.1 Å². The molecule has 1 aromatic carbocycles. The number of halogens is 2. The first-order valence-corrected chi connectivity index (χ1v) is 7.84. The van der Waals surface area contributed by atoms with Crippen molar-refractivity contribution in [3.05, 3.63) is 33.8 Å². The molecule has 0 amide bonds. The molecular weight excluding hydrogens is 279 g/mol. The molecule has 2 nitrogen and oxygen atoms in total. The number of benzene rings is 1. The van der Waals surface area contributed by atoms with Gasteiger partial charge in [-0.1, -0.05) is 61.9 Å². The molecule has 1 fully saturated rings. The molecule has 0 aromatic heterocycles. The van der Waals surface area contributed by atoms with Crippen molar-refractivity contribution in [2.75, 3.05) is 0 Å². The van der Waals surface area contributed by atoms with E-state index in [0.717, 1.165) is 5.56 Å². The lowest BCUT2D eigenvalue weighted by molar-refractivity contribution is 0.176. The number of rotatable bonds is 4. The molecule has 0 spiro atoms. The highest BCUT2D eigenvalue weighted by molar-refractivity contribution is 6.36. The van der Waals surface area contributed by atoms with Gasteiger partial charge in [0.05, 0.1) is 6.04 Å². The van der Waals surface area contributed by atoms with E-state index in [4.69, 9.17) is 29.0 Å². The Kier molecular flexibility index (Phi) is 5.52. The Morgan fingerprint density at radius 3 is 2.47 bits per heavy atom. The summed E-state index contributed by atoms with van der Waals surface area (Å²) in [6.07, 6.45) is 6.24. The van der Waals surface area contributed by atoms with Crippen LogP contribution in [0.2, 0.25) is 10.0 Å². The third-order valence-corrected chi connectivity index (χ3v) is 5.07. The molecule has 1 aliphatic carbocycles. The van der Waals surface area contributed by atoms with Crippen LogP contribution in [-0.2, 0) is 0 Å². The van der Waals surface area contributed by atoms with Gasteiger partial charge in [-0.25, -0.2) is 0 Å². The summed E-state index contributed by atoms with van der Waals surface area (Å²) in [5.74, 6) is 7.03. The second-order valence-electron chi connectivity index (χ2n) is 5.40. The normalized spacial score (nSPS) is 25.3. The number of nitrogens with two attached hydrogens (primary N) is 1. The molecule has 1 aromatic rings. The number of hydrazine groups is 1. The third-order valence-electron chi connectivity index (χ3n) is 4.41. The zero-order valence-corrected chi connectivity index (χ0v) is 12.8. The van der Waals surface area contributed by atoms with Gasteiger partial charge in [0.1, 0.15) is 0 Å². The summed E-state index contributed by atoms with van der Waals surface area (Å²) in [5, 5.41) is 1.41. The van der Waals surface area contributed by atoms with Crippen LogP contribution < -0.4 is 11.3 Å². The van der Waals surface area contributed by atoms with Crippen LogP contribution in [0, 0.1) is 11.8 Å². The highest BCUT2D eigenvalue weighted by Crippen LogP contribution is 2.43. The van der Waals surface area contributed by atoms with Gasteiger partial charge in [0.15, 0.2) is 0 Å². The highest BCUT2D eigenvalue weighted by Gasteiger charge is 2.33. The molecular formula is C15H22Cl2N2. The van der Waals surface area contributed by atoms with E-state index < -0.39 is 0 Å². The Morgan fingerprint density at radius 2 is 1.89 bits per heavy atom. The number of nitrogens with one attached hydrogen (secondary N) is 1. The first-order chi connectivity index (χ1) is 9.19. The lowest BCUT2D eigenvalue weighted by atomic mass is 9.72. The average molecular weight is 301 g/mol. The topological polar surface area (TPSA) is 38.0 Å². The van der Waals surface area contributed by atoms with Crippen LogP contribution in [-0.4, -0.2) is 0 Å². The summed E-state index contributed by atoms with van der Waals surface area (Å²) in [4.78, 5) is 0. The van der Waals surface area contributed by atoms with Crippen molar-refractivity contribution in [1.29, 1.82) is 0 Å². The fourth-order valence-corrected chi connectivity index (χ4v) is 4.04. The van der Waals surface area contributed by atoms with Gasteiger partial charge in [-0.15, -0.1) is 0 Å². The van der Waals surface area contributed by atoms with Crippen LogP contribution in [0.1, 0.15) is 50.6 Å². The van der Waals surface area contributed by atoms with Gasteiger partial charge in [0.2, 0.25) is 0 Å². The maximum Gasteiger partial charge on any atom is 0.0520 e. The maximum atomic E-state index is 6.33. The lowest BCUT2D eigenvalue weighted by Crippen LogP contribution is -2.38. The minimum absolute atomic E-state index is 0.0476. The molecule has 0 bridgehead atoms. The summed E-state index contributed by atoms with van der Waals surface area (Å²) in [6.45, 7) is 2.25. The third kappa shape index (κ3) is 3.25. The predicted molar refractivity (Wildman–Crippen MR) is 82.3 cm³/mol. The van der Waals surface area contributed by atoms with E-state index in [1.165, 1.54) is 32.1 Å². The molecule has 1 saturated carbocycles. The Bertz CT molecular complexity index is 402. The fraction of sp³-hybridized carbons (Fsp3) is 0.600. The van der Waals surface area contributed by atoms with E-state index in [0.29, 0.717) is 21.9 Å². The number of hydrogen-bond donors (Lipinski definition) is 2. The zero-order valence-electron chi connectivity index (χ0n) is 11.3. The van der Waals surface area contributed by atoms with Gasteiger partial charge in [-0.2, -0.15) is 0 Å². The molecule has 106 valence electrons. The molecule has 0 heterocycles. The van der Waals surface area contributed by atoms with Gasteiger partial charge in [-0.05, 0) is 30.4 Å². The predicted octanol–water partition coefficient (Wildman–Crippen LogP) is 4.71. The fourth-order valence-electron chi connectivity index (χ4n) is 3.41. The second kappa shape index (κ2) is 6.94. The van der Waals surface area contributed by atoms with E-state index in [-0.39, 0.29) is 6.04 Å². The summed E-state index contributed by atoms with van der Waals surface area (Å²) in [7, 11) is 0. The summed E-state index contributed by atoms with van der Waals surface area (Å²) >= 11 is 12.7. The smallest absolute Gasteiger partial charge is 0.0520 e. The van der Waals surface area contributed by atoms with E-state index in [2.05, 4.69) is 12.3 Å². The zero-order chi connectivity index (χ0) is 13.8. The number of hydrogen-bond acceptors (Lipinski definition) is 2. The quantitative estimate of drug-likeness (QED) is 0.624. The first-order valence-electron chi connectivity index (χ1n) is 7.09. The summed E-state index contributed by atoms with van der Waals surface area (Å²) in [6, 6.07) is 5.69. The Morgan fingerprint density at radius 1 is 1.26 bits per heavy atom. The SMILES string of the molecule is CCC1CCCCC1C(NN)c1c(Cl)cccc1Cl. The van der Waals surface area contributed by atoms with Crippen molar-refractivity contribution in [3.8, 4) is 0 Å². The van der Waals surface area contributed by atoms with Gasteiger partial charge in [0, 0.05) is 15.6 Å². The monoisotopic (exact) mass is 300 g/mol. The minimum atomic E-state index is 0.0476. The van der Waals surface area contributed by atoms with Crippen molar-refractivity contribution in [3.63, 3.8) is 0 Å². The molecule has 0 aliphatic heterocycles. The molecule has 3 unspecified atom stereocenters. The average Bonchev–Trinajstić information content (AvgIpc) is 2.43. The molecule has 3 atom stereocenters. The first kappa shape index (κ1) is 15.1. The minimum Gasteiger partial charge on any atom is -0.271 e. The Hall–Kier alpha value is -0.280. The van der Waals surface area contributed by atoms with Crippen molar-refractivity contribution in [1.82, 2.24) is 5.43 Å². The Labute approximate surface area is 125 Å². The summed E-state index contributed by atoms with van der Waals surface area (Å²) in [5.41, 5.74) is 3.92. The lowest BCUT2D eigenvalue weighted by Gasteiger charge is -2.37. The molecule has 4 heteroatoms. The largest absolute Gasteiger partial charge is 0.271 e. The van der Waals surface area contributed by atoms with Crippen LogP contribution >= 0.6 is 23.2 Å². The molecule has 0 radical (unpaired) electrons. The van der Waals surface area contributed by atoms with Crippen LogP contribution in [0.5, 0.6) is 0 Å². The molecule has 2 rings (SSSR count). The Balaban J connectivity index is 2.33. The van der Waals surface area contributed by atoms with E-state index in [1.54, 1.807) is 0 Å². The summed E-state index contributed by atoms with van der Waals surface area (Å²) < 4.78 is 0. The van der Waals surface area contributed by atoms with E-state index >= 15 is 0 Å². The van der Waals surface area contributed by atoms with Gasteiger partial charge in [0.25, 0.3) is 0 Å². The second-order valence-corrected chi connectivity index (χ2v) is 6.21. The van der Waals surface area contributed by atoms with Gasteiger partial charge in [-0.3, -0.25) is 11.3 Å². The van der Waals surface area contributed by atoms with Crippen molar-refractivity contribution in [2.24, 2.45) is 17.7 Å². The molecule has 1 aliphatic rings. The molecule has 0 saturated heterocycles. The van der Waals surface area contributed by atoms with E-state index in [9.17, 15) is 0 Å². The van der Waals surface area contributed by atoms with Gasteiger partial charge < -0.3 is 0 Å². The van der Waals surface area contributed by atoms with Crippen LogP contribution in [0.25, 0.3) is 0 Å². The molecule has 3 N–H and O–H groups in total. The molecule has 19 heavy (non-hydrogen) atoms. The van der Waals surface area contributed by atoms with Crippen molar-refractivity contribution < 1.29 is 0 Å². The highest BCUT2D eigenvalue weighted by atomic mass is 35.5. The van der Waals surface area contributed by atoms with Crippen LogP contribution in [0.15, 0.2) is 18.2 Å². The van der Waals surface area contributed by atoms with Crippen molar-refractivity contribution >= 4 is 23.2 Å². The van der Waals surface area contributed by atoms with Crippen LogP contribution in [0.3, 0.4) is 0 Å². The van der Waals surface area contributed by atoms with Gasteiger partial charge >= 0.3 is 0 Å². The van der Waals surface area contributed by atoms with E-state index in [1.807, 2.05) is 18.2 Å². The maximum absolute atomic E-state index is 6.33. The standard InChI is InChI=1S/C15H22Cl2N2/c1-2-10-6-3-4-7-11(10)15(19-18)14-12(16)8-5-9-13(14)17/h5,8-11,15,19H,2-4,6-7,18H2,1H3.